The third kappa shape index (κ3) is 10.2. The van der Waals surface area contributed by atoms with Gasteiger partial charge < -0.3 is 39.9 Å². The van der Waals surface area contributed by atoms with E-state index >= 15 is 0 Å². The lowest BCUT2D eigenvalue weighted by Crippen LogP contribution is -2.51. The topological polar surface area (TPSA) is 175 Å². The first kappa shape index (κ1) is 48.1. The minimum absolute atomic E-state index is 0.0990. The van der Waals surface area contributed by atoms with Gasteiger partial charge in [0.2, 0.25) is 11.8 Å². The fraction of sp³-hybridized carbons (Fsp3) is 0.429. The molecule has 2 fully saturated rings. The number of alkyl carbamates (subject to hydrolysis) is 2. The highest BCUT2D eigenvalue weighted by atomic mass is 16.5. The van der Waals surface area contributed by atoms with Crippen LogP contribution in [-0.4, -0.2) is 93.1 Å². The quantitative estimate of drug-likeness (QED) is 0.0956. The van der Waals surface area contributed by atoms with Crippen molar-refractivity contribution in [3.05, 3.63) is 125 Å². The van der Waals surface area contributed by atoms with Gasteiger partial charge >= 0.3 is 12.2 Å². The van der Waals surface area contributed by atoms with Crippen LogP contribution in [-0.2, 0) is 31.9 Å². The molecule has 2 saturated heterocycles. The van der Waals surface area contributed by atoms with Gasteiger partial charge in [-0.2, -0.15) is 0 Å². The molecule has 3 aromatic carbocycles. The zero-order valence-corrected chi connectivity index (χ0v) is 41.2. The average Bonchev–Trinajstić information content (AvgIpc) is 4.23. The molecule has 4 N–H and O–H groups in total. The maximum absolute atomic E-state index is 13.7. The van der Waals surface area contributed by atoms with Crippen molar-refractivity contribution in [1.29, 1.82) is 0 Å². The van der Waals surface area contributed by atoms with Gasteiger partial charge in [0.25, 0.3) is 0 Å². The number of aromatic nitrogens is 4. The molecule has 70 heavy (non-hydrogen) atoms. The van der Waals surface area contributed by atoms with Crippen molar-refractivity contribution in [3.8, 4) is 33.6 Å². The molecule has 4 bridgehead atoms. The number of rotatable bonds is 12. The second-order valence-corrected chi connectivity index (χ2v) is 19.9. The zero-order valence-electron chi connectivity index (χ0n) is 41.2. The number of hydrogen-bond acceptors (Lipinski definition) is 8. The normalized spacial score (nSPS) is 19.9. The molecule has 4 amide bonds. The Morgan fingerprint density at radius 1 is 0.643 bits per heavy atom. The van der Waals surface area contributed by atoms with Crippen LogP contribution < -0.4 is 10.6 Å². The van der Waals surface area contributed by atoms with E-state index in [0.29, 0.717) is 19.0 Å². The monoisotopic (exact) mass is 947 g/mol. The summed E-state index contributed by atoms with van der Waals surface area (Å²) >= 11 is 0. The average molecular weight is 947 g/mol. The predicted octanol–water partition coefficient (Wildman–Crippen LogP) is 10.1. The molecule has 0 radical (unpaired) electrons. The number of amides is 4. The van der Waals surface area contributed by atoms with E-state index in [-0.39, 0.29) is 35.7 Å². The number of carbonyl (C=O) groups is 4. The van der Waals surface area contributed by atoms with Crippen LogP contribution in [0.5, 0.6) is 0 Å². The molecule has 14 heteroatoms. The van der Waals surface area contributed by atoms with Crippen LogP contribution in [0.2, 0.25) is 0 Å². The summed E-state index contributed by atoms with van der Waals surface area (Å²) in [4.78, 5) is 71.9. The summed E-state index contributed by atoms with van der Waals surface area (Å²) in [5, 5.41) is 5.46. The van der Waals surface area contributed by atoms with Crippen LogP contribution in [0.1, 0.15) is 113 Å². The third-order valence-corrected chi connectivity index (χ3v) is 14.8. The van der Waals surface area contributed by atoms with Gasteiger partial charge in [-0.25, -0.2) is 19.6 Å². The number of likely N-dealkylation sites (tertiary alicyclic amines) is 2. The fourth-order valence-corrected chi connectivity index (χ4v) is 10.8. The van der Waals surface area contributed by atoms with E-state index in [4.69, 9.17) is 19.4 Å². The Labute approximate surface area is 410 Å². The minimum Gasteiger partial charge on any atom is -0.453 e. The van der Waals surface area contributed by atoms with E-state index in [1.807, 2.05) is 49.9 Å². The lowest BCUT2D eigenvalue weighted by molar-refractivity contribution is -0.136. The first-order valence-electron chi connectivity index (χ1n) is 25.0. The molecule has 5 aliphatic carbocycles. The molecule has 7 aliphatic rings. The number of aromatic amines is 2. The van der Waals surface area contributed by atoms with Crippen LogP contribution in [0.3, 0.4) is 0 Å². The summed E-state index contributed by atoms with van der Waals surface area (Å²) < 4.78 is 9.61. The van der Waals surface area contributed by atoms with Crippen molar-refractivity contribution in [1.82, 2.24) is 40.4 Å². The van der Waals surface area contributed by atoms with Gasteiger partial charge in [0.15, 0.2) is 0 Å². The number of ether oxygens (including phenoxy) is 2. The van der Waals surface area contributed by atoms with Crippen molar-refractivity contribution >= 4 is 29.6 Å². The first-order chi connectivity index (χ1) is 33.9. The number of imidazole rings is 2. The Morgan fingerprint density at radius 3 is 1.67 bits per heavy atom. The molecule has 0 saturated carbocycles. The van der Waals surface area contributed by atoms with Crippen molar-refractivity contribution in [3.63, 3.8) is 0 Å². The highest BCUT2D eigenvalue weighted by Gasteiger charge is 2.39. The second-order valence-electron chi connectivity index (χ2n) is 19.9. The van der Waals surface area contributed by atoms with Gasteiger partial charge in [-0.3, -0.25) is 9.59 Å². The maximum atomic E-state index is 13.7. The summed E-state index contributed by atoms with van der Waals surface area (Å²) in [6.07, 6.45) is 15.7. The summed E-state index contributed by atoms with van der Waals surface area (Å²) in [6, 6.07) is 22.7. The lowest BCUT2D eigenvalue weighted by Gasteiger charge is -2.29. The van der Waals surface area contributed by atoms with Crippen LogP contribution >= 0.6 is 0 Å². The summed E-state index contributed by atoms with van der Waals surface area (Å²) in [6.45, 7) is 8.89. The van der Waals surface area contributed by atoms with Crippen molar-refractivity contribution in [2.24, 2.45) is 17.8 Å². The zero-order chi connectivity index (χ0) is 49.1. The summed E-state index contributed by atoms with van der Waals surface area (Å²) in [7, 11) is 2.61. The second kappa shape index (κ2) is 21.0. The first-order valence-corrected chi connectivity index (χ1v) is 25.0. The summed E-state index contributed by atoms with van der Waals surface area (Å²) in [5.41, 5.74) is 12.8. The van der Waals surface area contributed by atoms with E-state index in [9.17, 15) is 19.2 Å². The smallest absolute Gasteiger partial charge is 0.407 e. The van der Waals surface area contributed by atoms with Gasteiger partial charge in [-0.05, 0) is 109 Å². The van der Waals surface area contributed by atoms with Gasteiger partial charge in [0, 0.05) is 36.6 Å². The molecular formula is C56H66N8O6. The Balaban J connectivity index is 0.864. The molecule has 2 aliphatic heterocycles. The Bertz CT molecular complexity index is 2770. The molecule has 5 aromatic rings. The Morgan fingerprint density at radius 2 is 1.16 bits per heavy atom. The standard InChI is InChI=1S/C56H66N8O6/c1-33(2)49(61-55(67)69-5)53(65)63-27-7-9-47(63)51-57-31-45(59-51)41-23-19-39(20-24-41)43-29-35-11-15-37(43)17-13-36-12-16-38(18-14-35)44(30-36)40-21-25-42(26-22-40)46-32-58-52(60-46)48-10-8-28-64(48)54(66)50(34(3)4)62-56(68)70-6/h11-12,15,19-26,29-34,38,47-50H,7-10,13-14,16-18,27-28H2,1-6H3,(H,57,59)(H,58,60)(H,61,67)(H,62,68)/t38?,47-,48-,49-,50-/m0/s1. The molecule has 366 valence electrons. The van der Waals surface area contributed by atoms with Gasteiger partial charge in [0.05, 0.1) is 37.7 Å². The maximum Gasteiger partial charge on any atom is 0.407 e. The SMILES string of the molecule is COC(=O)N[C@H](C(=O)N1CCC[C@H]1c1nc(-c2ccc(C3=CC4=CCC3CCc3ccc(c(-c5ccc(-c6c[nH]c([C@@H]7CCCN7C(=O)[C@@H](NC(=O)OC)C(C)C)n6)cc5)c3)CC4)cc2)c[nH]1)C(C)C. The molecule has 14 nitrogen and oxygen atoms in total. The number of methoxy groups -OCH3 is 2. The molecule has 12 rings (SSSR count). The number of allylic oxidation sites excluding steroid dienone is 4. The van der Waals surface area contributed by atoms with E-state index in [2.05, 4.69) is 99.5 Å². The fourth-order valence-electron chi connectivity index (χ4n) is 10.8. The lowest BCUT2D eigenvalue weighted by atomic mass is 9.79. The number of H-pyrrole nitrogens is 2. The molecule has 1 unspecified atom stereocenters. The highest BCUT2D eigenvalue weighted by Crippen LogP contribution is 2.40. The largest absolute Gasteiger partial charge is 0.453 e. The number of nitrogens with one attached hydrogen (secondary N) is 4. The predicted molar refractivity (Wildman–Crippen MR) is 270 cm³/mol. The Hall–Kier alpha value is -6.96. The van der Waals surface area contributed by atoms with Crippen LogP contribution in [0.15, 0.2) is 96.8 Å². The highest BCUT2D eigenvalue weighted by molar-refractivity contribution is 5.87. The van der Waals surface area contributed by atoms with Crippen molar-refractivity contribution in [2.45, 2.75) is 110 Å². The van der Waals surface area contributed by atoms with Crippen LogP contribution in [0.4, 0.5) is 9.59 Å². The summed E-state index contributed by atoms with van der Waals surface area (Å²) in [5.74, 6) is 1.45. The third-order valence-electron chi connectivity index (χ3n) is 14.8. The number of nitrogens with zero attached hydrogens (tertiary/aromatic N) is 4. The number of benzene rings is 3. The van der Waals surface area contributed by atoms with E-state index in [0.717, 1.165) is 92.0 Å². The van der Waals surface area contributed by atoms with Crippen LogP contribution in [0, 0.1) is 17.8 Å². The van der Waals surface area contributed by atoms with Gasteiger partial charge in [0.1, 0.15) is 23.7 Å². The van der Waals surface area contributed by atoms with E-state index < -0.39 is 24.3 Å². The molecule has 5 atom stereocenters. The van der Waals surface area contributed by atoms with Crippen molar-refractivity contribution < 1.29 is 28.7 Å². The number of aryl methyl sites for hydroxylation is 2. The van der Waals surface area contributed by atoms with Gasteiger partial charge in [-0.15, -0.1) is 0 Å². The molecule has 4 heterocycles. The van der Waals surface area contributed by atoms with E-state index in [1.54, 1.807) is 0 Å². The molecule has 0 spiro atoms. The van der Waals surface area contributed by atoms with Gasteiger partial charge in [-0.1, -0.05) is 112 Å². The van der Waals surface area contributed by atoms with E-state index in [1.165, 1.54) is 53.2 Å². The molecular weight excluding hydrogens is 881 g/mol. The Kier molecular flexibility index (Phi) is 14.4. The molecule has 2 aromatic heterocycles. The van der Waals surface area contributed by atoms with Crippen LogP contribution in [0.25, 0.3) is 39.2 Å². The van der Waals surface area contributed by atoms with Crippen molar-refractivity contribution in [2.75, 3.05) is 27.3 Å². The number of carbonyl (C=O) groups excluding carboxylic acids is 4. The minimum atomic E-state index is -0.683. The number of hydrogen-bond donors (Lipinski definition) is 4.